The molecule has 1 aromatic heterocycles. The first kappa shape index (κ1) is 23.4. The van der Waals surface area contributed by atoms with Gasteiger partial charge in [-0.2, -0.15) is 0 Å². The maximum Gasteiger partial charge on any atom is 0.320 e. The van der Waals surface area contributed by atoms with Crippen LogP contribution in [0.15, 0.2) is 72.8 Å². The van der Waals surface area contributed by atoms with E-state index in [1.54, 1.807) is 9.58 Å². The number of benzene rings is 3. The van der Waals surface area contributed by atoms with Crippen molar-refractivity contribution in [2.45, 2.75) is 25.4 Å². The Morgan fingerprint density at radius 2 is 1.67 bits per heavy atom. The summed E-state index contributed by atoms with van der Waals surface area (Å²) in [6.45, 7) is 0.663. The average Bonchev–Trinajstić information content (AvgIpc) is 3.31. The summed E-state index contributed by atoms with van der Waals surface area (Å²) in [5.74, 6) is -1.09. The lowest BCUT2D eigenvalue weighted by Gasteiger charge is -2.28. The minimum atomic E-state index is -1.04. The van der Waals surface area contributed by atoms with E-state index in [-0.39, 0.29) is 25.3 Å². The van der Waals surface area contributed by atoms with Gasteiger partial charge >= 0.3 is 5.97 Å². The predicted molar refractivity (Wildman–Crippen MR) is 136 cm³/mol. The Morgan fingerprint density at radius 1 is 0.972 bits per heavy atom. The number of carbonyl (C=O) groups excluding carboxylic acids is 1. The third-order valence-corrected chi connectivity index (χ3v) is 6.33. The molecule has 0 fully saturated rings. The van der Waals surface area contributed by atoms with Gasteiger partial charge in [0, 0.05) is 24.1 Å². The molecule has 4 aromatic rings. The van der Waals surface area contributed by atoms with E-state index in [2.05, 4.69) is 10.3 Å². The van der Waals surface area contributed by atoms with Gasteiger partial charge in [0.15, 0.2) is 0 Å². The predicted octanol–water partition coefficient (Wildman–Crippen LogP) is 2.75. The summed E-state index contributed by atoms with van der Waals surface area (Å²) < 4.78 is 1.78. The summed E-state index contributed by atoms with van der Waals surface area (Å²) in [5.41, 5.74) is 17.9. The van der Waals surface area contributed by atoms with E-state index in [0.29, 0.717) is 12.2 Å². The maximum absolute atomic E-state index is 13.1. The molecule has 0 saturated heterocycles. The molecule has 0 radical (unpaired) electrons. The Morgan fingerprint density at radius 3 is 2.39 bits per heavy atom. The molecule has 36 heavy (non-hydrogen) atoms. The Balaban J connectivity index is 1.66. The Kier molecular flexibility index (Phi) is 6.32. The zero-order valence-corrected chi connectivity index (χ0v) is 19.5. The molecule has 5 rings (SSSR count). The molecule has 1 aliphatic heterocycles. The number of fused-ring (bicyclic) bond motifs is 5. The van der Waals surface area contributed by atoms with E-state index in [9.17, 15) is 9.59 Å². The number of amides is 1. The number of aromatic nitrogens is 3. The number of carboxylic acids is 1. The van der Waals surface area contributed by atoms with Gasteiger partial charge in [0.2, 0.25) is 5.91 Å². The van der Waals surface area contributed by atoms with E-state index in [1.807, 2.05) is 72.8 Å². The SMILES string of the molecule is NCCC(=O)N1Cc2ccccc2-c2c(nnn2-c2ccc(C[C@H](N)C(=O)O)cc2)-c2ccccc21. The highest BCUT2D eigenvalue weighted by Crippen LogP contribution is 2.41. The van der Waals surface area contributed by atoms with Crippen LogP contribution in [-0.4, -0.2) is 44.6 Å². The van der Waals surface area contributed by atoms with Gasteiger partial charge in [-0.25, -0.2) is 4.68 Å². The molecule has 0 unspecified atom stereocenters. The number of carboxylic acid groups (broad SMARTS) is 1. The molecule has 1 atom stereocenters. The average molecular weight is 483 g/mol. The fraction of sp³-hybridized carbons (Fsp3) is 0.185. The molecule has 0 bridgehead atoms. The van der Waals surface area contributed by atoms with Gasteiger partial charge in [0.05, 0.1) is 17.9 Å². The Labute approximate surface area is 208 Å². The molecule has 182 valence electrons. The topological polar surface area (TPSA) is 140 Å². The van der Waals surface area contributed by atoms with Crippen LogP contribution in [0.2, 0.25) is 0 Å². The smallest absolute Gasteiger partial charge is 0.320 e. The number of para-hydroxylation sites is 1. The molecule has 5 N–H and O–H groups in total. The van der Waals surface area contributed by atoms with Crippen LogP contribution in [0.4, 0.5) is 5.69 Å². The van der Waals surface area contributed by atoms with Crippen LogP contribution in [0.3, 0.4) is 0 Å². The first-order valence-electron chi connectivity index (χ1n) is 11.7. The summed E-state index contributed by atoms with van der Waals surface area (Å²) in [7, 11) is 0. The molecule has 1 aliphatic rings. The van der Waals surface area contributed by atoms with Crippen molar-refractivity contribution >= 4 is 17.6 Å². The van der Waals surface area contributed by atoms with Crippen molar-refractivity contribution in [2.75, 3.05) is 11.4 Å². The lowest BCUT2D eigenvalue weighted by atomic mass is 9.95. The quantitative estimate of drug-likeness (QED) is 0.384. The van der Waals surface area contributed by atoms with Gasteiger partial charge in [-0.3, -0.25) is 9.59 Å². The fourth-order valence-corrected chi connectivity index (χ4v) is 4.54. The highest BCUT2D eigenvalue weighted by atomic mass is 16.4. The summed E-state index contributed by atoms with van der Waals surface area (Å²) in [6.07, 6.45) is 0.474. The second-order valence-electron chi connectivity index (χ2n) is 8.71. The third-order valence-electron chi connectivity index (χ3n) is 6.33. The normalized spacial score (nSPS) is 13.1. The molecule has 3 aromatic carbocycles. The molecule has 0 spiro atoms. The van der Waals surface area contributed by atoms with Crippen LogP contribution in [0, 0.1) is 0 Å². The van der Waals surface area contributed by atoms with Crippen molar-refractivity contribution in [3.05, 3.63) is 83.9 Å². The molecule has 9 heteroatoms. The standard InChI is InChI=1S/C27H26N6O3/c28-14-13-24(34)32-16-18-5-1-2-6-20(18)26-25(21-7-3-4-8-23(21)32)30-31-33(26)19-11-9-17(10-12-19)15-22(29)27(35)36/h1-12,22H,13-16,28-29H2,(H,35,36)/t22-/m0/s1. The van der Waals surface area contributed by atoms with Crippen molar-refractivity contribution in [1.82, 2.24) is 15.0 Å². The van der Waals surface area contributed by atoms with Crippen LogP contribution in [0.1, 0.15) is 17.5 Å². The van der Waals surface area contributed by atoms with Gasteiger partial charge in [-0.1, -0.05) is 59.8 Å². The highest BCUT2D eigenvalue weighted by Gasteiger charge is 2.29. The zero-order valence-electron chi connectivity index (χ0n) is 19.5. The maximum atomic E-state index is 13.1. The number of rotatable bonds is 6. The molecular weight excluding hydrogens is 456 g/mol. The lowest BCUT2D eigenvalue weighted by molar-refractivity contribution is -0.138. The second kappa shape index (κ2) is 9.73. The monoisotopic (exact) mass is 482 g/mol. The molecule has 0 saturated carbocycles. The van der Waals surface area contributed by atoms with Gasteiger partial charge in [0.1, 0.15) is 17.4 Å². The number of carbonyl (C=O) groups is 2. The largest absolute Gasteiger partial charge is 0.480 e. The van der Waals surface area contributed by atoms with Crippen LogP contribution < -0.4 is 16.4 Å². The van der Waals surface area contributed by atoms with E-state index in [0.717, 1.165) is 39.3 Å². The summed E-state index contributed by atoms with van der Waals surface area (Å²) >= 11 is 0. The molecule has 2 heterocycles. The first-order valence-corrected chi connectivity index (χ1v) is 11.7. The first-order chi connectivity index (χ1) is 17.5. The van der Waals surface area contributed by atoms with Crippen molar-refractivity contribution in [3.63, 3.8) is 0 Å². The van der Waals surface area contributed by atoms with E-state index >= 15 is 0 Å². The summed E-state index contributed by atoms with van der Waals surface area (Å²) in [6, 6.07) is 22.1. The fourth-order valence-electron chi connectivity index (χ4n) is 4.54. The van der Waals surface area contributed by atoms with Crippen LogP contribution >= 0.6 is 0 Å². The van der Waals surface area contributed by atoms with E-state index in [1.165, 1.54) is 0 Å². The molecular formula is C27H26N6O3. The lowest BCUT2D eigenvalue weighted by Crippen LogP contribution is -2.33. The van der Waals surface area contributed by atoms with Crippen molar-refractivity contribution < 1.29 is 14.7 Å². The minimum absolute atomic E-state index is 0.0502. The Bertz CT molecular complexity index is 1430. The van der Waals surface area contributed by atoms with E-state index < -0.39 is 12.0 Å². The van der Waals surface area contributed by atoms with Gasteiger partial charge in [-0.05, 0) is 35.7 Å². The van der Waals surface area contributed by atoms with Crippen molar-refractivity contribution in [3.8, 4) is 28.2 Å². The highest BCUT2D eigenvalue weighted by molar-refractivity contribution is 6.00. The van der Waals surface area contributed by atoms with Crippen molar-refractivity contribution in [2.24, 2.45) is 11.5 Å². The van der Waals surface area contributed by atoms with Crippen LogP contribution in [-0.2, 0) is 22.6 Å². The second-order valence-corrected chi connectivity index (χ2v) is 8.71. The number of aliphatic carboxylic acids is 1. The van der Waals surface area contributed by atoms with Crippen molar-refractivity contribution in [1.29, 1.82) is 0 Å². The molecule has 0 aliphatic carbocycles. The number of nitrogens with two attached hydrogens (primary N) is 2. The van der Waals surface area contributed by atoms with Crippen LogP contribution in [0.5, 0.6) is 0 Å². The minimum Gasteiger partial charge on any atom is -0.480 e. The Hall–Kier alpha value is -4.34. The number of hydrogen-bond donors (Lipinski definition) is 3. The van der Waals surface area contributed by atoms with Gasteiger partial charge < -0.3 is 21.5 Å². The third kappa shape index (κ3) is 4.26. The van der Waals surface area contributed by atoms with Gasteiger partial charge in [-0.15, -0.1) is 5.10 Å². The molecule has 1 amide bonds. The number of anilines is 1. The molecule has 9 nitrogen and oxygen atoms in total. The van der Waals surface area contributed by atoms with Crippen LogP contribution in [0.25, 0.3) is 28.2 Å². The number of nitrogens with zero attached hydrogens (tertiary/aromatic N) is 4. The van der Waals surface area contributed by atoms with Gasteiger partial charge in [0.25, 0.3) is 0 Å². The number of hydrogen-bond acceptors (Lipinski definition) is 6. The summed E-state index contributed by atoms with van der Waals surface area (Å²) in [4.78, 5) is 26.0. The van der Waals surface area contributed by atoms with E-state index in [4.69, 9.17) is 16.6 Å². The zero-order chi connectivity index (χ0) is 25.2. The summed E-state index contributed by atoms with van der Waals surface area (Å²) in [5, 5.41) is 18.2.